The molecule has 2 amide bonds. The maximum atomic E-state index is 12.2. The molecule has 2 N–H and O–H groups in total. The number of benzene rings is 1. The molecule has 23 heavy (non-hydrogen) atoms. The number of rotatable bonds is 2. The number of anilines is 1. The van der Waals surface area contributed by atoms with Crippen LogP contribution in [0.2, 0.25) is 0 Å². The van der Waals surface area contributed by atoms with Crippen LogP contribution in [0.4, 0.5) is 5.69 Å². The summed E-state index contributed by atoms with van der Waals surface area (Å²) in [5, 5.41) is 5.67. The standard InChI is InChI=1S/C19H28N2O2/c1-13-9-5-7-11-15(13)20-17(22)18(23)21-16-12-8-6-10-14(16)19(2,3)4/h6,8,10,12-13,15H,5,7,9,11H2,1-4H3,(H,20,22)(H,21,23)/t13-,15+/m1/s1. The first-order valence-corrected chi connectivity index (χ1v) is 8.50. The number of carbonyl (C=O) groups excluding carboxylic acids is 2. The molecule has 1 aliphatic rings. The molecule has 1 aromatic rings. The zero-order valence-corrected chi connectivity index (χ0v) is 14.6. The van der Waals surface area contributed by atoms with Crippen LogP contribution in [0.25, 0.3) is 0 Å². The lowest BCUT2D eigenvalue weighted by atomic mass is 9.85. The van der Waals surface area contributed by atoms with Crippen molar-refractivity contribution in [2.24, 2.45) is 5.92 Å². The molecule has 1 aromatic carbocycles. The van der Waals surface area contributed by atoms with E-state index in [2.05, 4.69) is 38.3 Å². The third kappa shape index (κ3) is 4.57. The minimum atomic E-state index is -0.584. The second-order valence-corrected chi connectivity index (χ2v) is 7.59. The summed E-state index contributed by atoms with van der Waals surface area (Å²) in [6.07, 6.45) is 4.39. The van der Waals surface area contributed by atoms with Gasteiger partial charge >= 0.3 is 11.8 Å². The van der Waals surface area contributed by atoms with E-state index >= 15 is 0 Å². The van der Waals surface area contributed by atoms with Crippen molar-refractivity contribution in [2.45, 2.75) is 64.8 Å². The Kier molecular flexibility index (Phi) is 5.45. The van der Waals surface area contributed by atoms with Crippen molar-refractivity contribution in [1.82, 2.24) is 5.32 Å². The van der Waals surface area contributed by atoms with Crippen molar-refractivity contribution in [3.8, 4) is 0 Å². The summed E-state index contributed by atoms with van der Waals surface area (Å²) in [6, 6.07) is 7.75. The van der Waals surface area contributed by atoms with Gasteiger partial charge in [-0.05, 0) is 35.8 Å². The molecule has 0 saturated heterocycles. The normalized spacial score (nSPS) is 21.6. The third-order valence-corrected chi connectivity index (χ3v) is 4.62. The van der Waals surface area contributed by atoms with Gasteiger partial charge in [0.25, 0.3) is 0 Å². The van der Waals surface area contributed by atoms with E-state index in [-0.39, 0.29) is 11.5 Å². The van der Waals surface area contributed by atoms with Gasteiger partial charge in [0.1, 0.15) is 0 Å². The van der Waals surface area contributed by atoms with Crippen LogP contribution in [-0.2, 0) is 15.0 Å². The molecule has 0 heterocycles. The highest BCUT2D eigenvalue weighted by atomic mass is 16.2. The number of para-hydroxylation sites is 1. The van der Waals surface area contributed by atoms with Crippen LogP contribution >= 0.6 is 0 Å². The minimum absolute atomic E-state index is 0.0990. The predicted molar refractivity (Wildman–Crippen MR) is 93.3 cm³/mol. The first-order chi connectivity index (χ1) is 10.8. The highest BCUT2D eigenvalue weighted by Crippen LogP contribution is 2.29. The lowest BCUT2D eigenvalue weighted by molar-refractivity contribution is -0.137. The Morgan fingerprint density at radius 2 is 1.70 bits per heavy atom. The Morgan fingerprint density at radius 3 is 2.35 bits per heavy atom. The highest BCUT2D eigenvalue weighted by Gasteiger charge is 2.26. The summed E-state index contributed by atoms with van der Waals surface area (Å²) in [6.45, 7) is 8.39. The van der Waals surface area contributed by atoms with Crippen LogP contribution in [0.3, 0.4) is 0 Å². The Balaban J connectivity index is 2.03. The summed E-state index contributed by atoms with van der Waals surface area (Å²) in [7, 11) is 0. The highest BCUT2D eigenvalue weighted by molar-refractivity contribution is 6.39. The monoisotopic (exact) mass is 316 g/mol. The minimum Gasteiger partial charge on any atom is -0.345 e. The molecule has 0 radical (unpaired) electrons. The summed E-state index contributed by atoms with van der Waals surface area (Å²) >= 11 is 0. The molecule has 1 fully saturated rings. The number of amides is 2. The fourth-order valence-corrected chi connectivity index (χ4v) is 3.19. The number of hydrogen-bond donors (Lipinski definition) is 2. The number of nitrogens with one attached hydrogen (secondary N) is 2. The first-order valence-electron chi connectivity index (χ1n) is 8.50. The molecule has 0 aromatic heterocycles. The molecule has 1 saturated carbocycles. The first kappa shape index (κ1) is 17.5. The van der Waals surface area contributed by atoms with Crippen LogP contribution < -0.4 is 10.6 Å². The van der Waals surface area contributed by atoms with Gasteiger partial charge in [0.05, 0.1) is 0 Å². The Hall–Kier alpha value is -1.84. The zero-order valence-electron chi connectivity index (χ0n) is 14.6. The van der Waals surface area contributed by atoms with Gasteiger partial charge < -0.3 is 10.6 Å². The van der Waals surface area contributed by atoms with Crippen LogP contribution in [0.5, 0.6) is 0 Å². The van der Waals surface area contributed by atoms with Crippen molar-refractivity contribution >= 4 is 17.5 Å². The smallest absolute Gasteiger partial charge is 0.313 e. The SMILES string of the molecule is C[C@@H]1CCCC[C@@H]1NC(=O)C(=O)Nc1ccccc1C(C)(C)C. The van der Waals surface area contributed by atoms with Gasteiger partial charge in [-0.15, -0.1) is 0 Å². The molecule has 2 atom stereocenters. The van der Waals surface area contributed by atoms with Gasteiger partial charge in [-0.2, -0.15) is 0 Å². The maximum Gasteiger partial charge on any atom is 0.313 e. The molecule has 2 rings (SSSR count). The summed E-state index contributed by atoms with van der Waals surface area (Å²) < 4.78 is 0. The van der Waals surface area contributed by atoms with E-state index in [0.717, 1.165) is 24.8 Å². The molecular formula is C19H28N2O2. The molecule has 0 bridgehead atoms. The van der Waals surface area contributed by atoms with Gasteiger partial charge in [0.2, 0.25) is 0 Å². The van der Waals surface area contributed by atoms with Gasteiger partial charge in [-0.25, -0.2) is 0 Å². The molecule has 1 aliphatic carbocycles. The largest absolute Gasteiger partial charge is 0.345 e. The topological polar surface area (TPSA) is 58.2 Å². The van der Waals surface area contributed by atoms with Crippen LogP contribution in [0.15, 0.2) is 24.3 Å². The fraction of sp³-hybridized carbons (Fsp3) is 0.579. The lowest BCUT2D eigenvalue weighted by Gasteiger charge is -2.29. The second-order valence-electron chi connectivity index (χ2n) is 7.59. The van der Waals surface area contributed by atoms with Crippen LogP contribution in [-0.4, -0.2) is 17.9 Å². The maximum absolute atomic E-state index is 12.2. The zero-order chi connectivity index (χ0) is 17.0. The molecular weight excluding hydrogens is 288 g/mol. The van der Waals surface area contributed by atoms with Gasteiger partial charge in [0, 0.05) is 11.7 Å². The molecule has 0 spiro atoms. The fourth-order valence-electron chi connectivity index (χ4n) is 3.19. The third-order valence-electron chi connectivity index (χ3n) is 4.62. The van der Waals surface area contributed by atoms with E-state index in [1.54, 1.807) is 0 Å². The van der Waals surface area contributed by atoms with Crippen molar-refractivity contribution in [2.75, 3.05) is 5.32 Å². The summed E-state index contributed by atoms with van der Waals surface area (Å²) in [5.74, 6) is -0.686. The second kappa shape index (κ2) is 7.16. The van der Waals surface area contributed by atoms with Crippen molar-refractivity contribution < 1.29 is 9.59 Å². The van der Waals surface area contributed by atoms with Crippen molar-refractivity contribution in [3.63, 3.8) is 0 Å². The quantitative estimate of drug-likeness (QED) is 0.819. The van der Waals surface area contributed by atoms with Gasteiger partial charge in [-0.1, -0.05) is 58.7 Å². The molecule has 4 nitrogen and oxygen atoms in total. The van der Waals surface area contributed by atoms with Crippen molar-refractivity contribution in [1.29, 1.82) is 0 Å². The van der Waals surface area contributed by atoms with E-state index in [1.807, 2.05) is 24.3 Å². The molecule has 4 heteroatoms. The lowest BCUT2D eigenvalue weighted by Crippen LogP contribution is -2.45. The number of hydrogen-bond acceptors (Lipinski definition) is 2. The van der Waals surface area contributed by atoms with Crippen LogP contribution in [0.1, 0.15) is 58.9 Å². The predicted octanol–water partition coefficient (Wildman–Crippen LogP) is 3.62. The van der Waals surface area contributed by atoms with Crippen molar-refractivity contribution in [3.05, 3.63) is 29.8 Å². The average Bonchev–Trinajstić information content (AvgIpc) is 2.49. The average molecular weight is 316 g/mol. The van der Waals surface area contributed by atoms with E-state index in [0.29, 0.717) is 11.6 Å². The number of carbonyl (C=O) groups is 2. The van der Waals surface area contributed by atoms with E-state index in [4.69, 9.17) is 0 Å². The van der Waals surface area contributed by atoms with E-state index < -0.39 is 11.8 Å². The Bertz CT molecular complexity index is 575. The van der Waals surface area contributed by atoms with Gasteiger partial charge in [0.15, 0.2) is 0 Å². The summed E-state index contributed by atoms with van der Waals surface area (Å²) in [4.78, 5) is 24.4. The van der Waals surface area contributed by atoms with E-state index in [9.17, 15) is 9.59 Å². The van der Waals surface area contributed by atoms with Gasteiger partial charge in [-0.3, -0.25) is 9.59 Å². The Morgan fingerprint density at radius 1 is 1.04 bits per heavy atom. The molecule has 126 valence electrons. The molecule has 0 aliphatic heterocycles. The van der Waals surface area contributed by atoms with Crippen LogP contribution in [0, 0.1) is 5.92 Å². The summed E-state index contributed by atoms with van der Waals surface area (Å²) in [5.41, 5.74) is 1.63. The molecule has 0 unspecified atom stereocenters. The van der Waals surface area contributed by atoms with E-state index in [1.165, 1.54) is 6.42 Å². The Labute approximate surface area is 139 Å².